The molecule has 1 aliphatic rings. The van der Waals surface area contributed by atoms with Gasteiger partial charge in [0.05, 0.1) is 5.56 Å². The Morgan fingerprint density at radius 2 is 2.05 bits per heavy atom. The number of fused-ring (bicyclic) bond motifs is 1. The third kappa shape index (κ3) is 1.94. The average molecular weight is 287 g/mol. The fraction of sp³-hybridized carbons (Fsp3) is 0.200. The van der Waals surface area contributed by atoms with Crippen molar-refractivity contribution in [3.8, 4) is 5.75 Å². The highest BCUT2D eigenvalue weighted by Gasteiger charge is 2.39. The summed E-state index contributed by atoms with van der Waals surface area (Å²) in [6.07, 6.45) is 0. The molecule has 4 nitrogen and oxygen atoms in total. The largest absolute Gasteiger partial charge is 0.507 e. The lowest BCUT2D eigenvalue weighted by Gasteiger charge is -2.12. The van der Waals surface area contributed by atoms with Crippen LogP contribution in [0.25, 0.3) is 10.8 Å². The Hall–Kier alpha value is -2.01. The summed E-state index contributed by atoms with van der Waals surface area (Å²) in [6.45, 7) is 1.59. The third-order valence-corrected chi connectivity index (χ3v) is 4.70. The van der Waals surface area contributed by atoms with Gasteiger partial charge in [-0.2, -0.15) is 0 Å². The number of carbonyl (C=O) groups is 1. The van der Waals surface area contributed by atoms with Gasteiger partial charge in [0.2, 0.25) is 0 Å². The van der Waals surface area contributed by atoms with Crippen LogP contribution in [0.3, 0.4) is 0 Å². The molecule has 0 aliphatic carbocycles. The lowest BCUT2D eigenvalue weighted by molar-refractivity contribution is -0.141. The first-order chi connectivity index (χ1) is 9.51. The van der Waals surface area contributed by atoms with Gasteiger partial charge in [0, 0.05) is 5.75 Å². The number of aliphatic imine (C=N–C) groups is 1. The third-order valence-electron chi connectivity index (χ3n) is 3.42. The molecule has 0 saturated carbocycles. The lowest BCUT2D eigenvalue weighted by atomic mass is 10.0. The number of carboxylic acid groups (broad SMARTS) is 1. The van der Waals surface area contributed by atoms with E-state index in [0.29, 0.717) is 16.4 Å². The van der Waals surface area contributed by atoms with E-state index in [0.717, 1.165) is 10.8 Å². The number of rotatable bonds is 2. The number of aliphatic carboxylic acids is 1. The molecule has 1 atom stereocenters. The molecule has 1 aliphatic heterocycles. The van der Waals surface area contributed by atoms with E-state index >= 15 is 0 Å². The minimum absolute atomic E-state index is 0.129. The molecule has 0 aromatic heterocycles. The van der Waals surface area contributed by atoms with Crippen molar-refractivity contribution in [1.29, 1.82) is 0 Å². The average Bonchev–Trinajstić information content (AvgIpc) is 2.82. The van der Waals surface area contributed by atoms with Crippen LogP contribution in [-0.2, 0) is 4.79 Å². The highest BCUT2D eigenvalue weighted by atomic mass is 32.2. The van der Waals surface area contributed by atoms with E-state index in [-0.39, 0.29) is 5.75 Å². The summed E-state index contributed by atoms with van der Waals surface area (Å²) in [7, 11) is 0. The number of hydrogen-bond donors (Lipinski definition) is 2. The van der Waals surface area contributed by atoms with Gasteiger partial charge < -0.3 is 10.2 Å². The minimum atomic E-state index is -1.12. The molecule has 20 heavy (non-hydrogen) atoms. The maximum Gasteiger partial charge on any atom is 0.332 e. The maximum atomic E-state index is 11.3. The summed E-state index contributed by atoms with van der Waals surface area (Å²) in [5, 5.41) is 21.8. The second kappa shape index (κ2) is 4.52. The monoisotopic (exact) mass is 287 g/mol. The first-order valence-corrected chi connectivity index (χ1v) is 7.17. The van der Waals surface area contributed by atoms with Gasteiger partial charge in [0.25, 0.3) is 0 Å². The number of phenols is 1. The van der Waals surface area contributed by atoms with Crippen LogP contribution in [0.5, 0.6) is 5.75 Å². The number of thioether (sulfide) groups is 1. The molecule has 0 fully saturated rings. The van der Waals surface area contributed by atoms with E-state index < -0.39 is 11.5 Å². The maximum absolute atomic E-state index is 11.3. The summed E-state index contributed by atoms with van der Waals surface area (Å²) in [5.41, 5.74) is -0.498. The van der Waals surface area contributed by atoms with E-state index in [1.807, 2.05) is 30.3 Å². The van der Waals surface area contributed by atoms with Crippen molar-refractivity contribution in [2.24, 2.45) is 4.99 Å². The molecule has 2 N–H and O–H groups in total. The van der Waals surface area contributed by atoms with E-state index in [2.05, 4.69) is 4.99 Å². The molecule has 102 valence electrons. The van der Waals surface area contributed by atoms with Crippen molar-refractivity contribution < 1.29 is 15.0 Å². The Balaban J connectivity index is 2.21. The highest BCUT2D eigenvalue weighted by Crippen LogP contribution is 2.37. The molecule has 3 rings (SSSR count). The van der Waals surface area contributed by atoms with Gasteiger partial charge in [-0.1, -0.05) is 30.3 Å². The predicted octanol–water partition coefficient (Wildman–Crippen LogP) is 2.88. The van der Waals surface area contributed by atoms with Crippen molar-refractivity contribution >= 4 is 33.5 Å². The molecule has 1 heterocycles. The number of nitrogens with zero attached hydrogens (tertiary/aromatic N) is 1. The number of phenolic OH excluding ortho intramolecular Hbond substituents is 1. The fourth-order valence-corrected chi connectivity index (χ4v) is 3.45. The smallest absolute Gasteiger partial charge is 0.332 e. The zero-order valence-corrected chi connectivity index (χ0v) is 11.6. The summed E-state index contributed by atoms with van der Waals surface area (Å²) < 4.78 is 0. The van der Waals surface area contributed by atoms with Gasteiger partial charge in [0.15, 0.2) is 5.54 Å². The molecule has 0 amide bonds. The summed E-state index contributed by atoms with van der Waals surface area (Å²) in [4.78, 5) is 15.6. The first-order valence-electron chi connectivity index (χ1n) is 6.18. The number of hydrogen-bond acceptors (Lipinski definition) is 4. The molecule has 2 aromatic rings. The molecular formula is C15H13NO3S. The highest BCUT2D eigenvalue weighted by molar-refractivity contribution is 8.14. The Bertz CT molecular complexity index is 741. The van der Waals surface area contributed by atoms with Crippen LogP contribution in [0.1, 0.15) is 12.5 Å². The van der Waals surface area contributed by atoms with Gasteiger partial charge in [-0.25, -0.2) is 4.79 Å². The quantitative estimate of drug-likeness (QED) is 0.891. The Morgan fingerprint density at radius 1 is 1.30 bits per heavy atom. The predicted molar refractivity (Wildman–Crippen MR) is 80.6 cm³/mol. The summed E-state index contributed by atoms with van der Waals surface area (Å²) in [5.74, 6) is -0.440. The molecule has 0 radical (unpaired) electrons. The van der Waals surface area contributed by atoms with Gasteiger partial charge >= 0.3 is 5.97 Å². The Kier molecular flexibility index (Phi) is 2.94. The minimum Gasteiger partial charge on any atom is -0.507 e. The second-order valence-corrected chi connectivity index (χ2v) is 5.93. The molecule has 0 bridgehead atoms. The zero-order chi connectivity index (χ0) is 14.3. The summed E-state index contributed by atoms with van der Waals surface area (Å²) in [6, 6.07) is 11.1. The van der Waals surface area contributed by atoms with Crippen LogP contribution in [0.2, 0.25) is 0 Å². The van der Waals surface area contributed by atoms with Gasteiger partial charge in [-0.15, -0.1) is 11.8 Å². The van der Waals surface area contributed by atoms with Crippen molar-refractivity contribution in [1.82, 2.24) is 0 Å². The summed E-state index contributed by atoms with van der Waals surface area (Å²) >= 11 is 1.37. The Morgan fingerprint density at radius 3 is 2.75 bits per heavy atom. The van der Waals surface area contributed by atoms with Crippen LogP contribution in [0, 0.1) is 0 Å². The van der Waals surface area contributed by atoms with Gasteiger partial charge in [0.1, 0.15) is 10.8 Å². The van der Waals surface area contributed by atoms with Crippen molar-refractivity contribution in [2.45, 2.75) is 12.5 Å². The van der Waals surface area contributed by atoms with E-state index in [1.54, 1.807) is 13.0 Å². The molecule has 2 aromatic carbocycles. The van der Waals surface area contributed by atoms with E-state index in [9.17, 15) is 15.0 Å². The van der Waals surface area contributed by atoms with Crippen LogP contribution < -0.4 is 0 Å². The Labute approximate surface area is 120 Å². The number of carboxylic acids is 1. The van der Waals surface area contributed by atoms with Crippen molar-refractivity contribution in [3.05, 3.63) is 42.0 Å². The molecule has 0 spiro atoms. The van der Waals surface area contributed by atoms with Crippen LogP contribution in [0.15, 0.2) is 41.4 Å². The van der Waals surface area contributed by atoms with Gasteiger partial charge in [-0.05, 0) is 23.8 Å². The standard InChI is InChI=1S/C15H13NO3S/c1-15(14(18)19)8-20-13(16-15)12-10-5-3-2-4-9(10)6-7-11(12)17/h2-7,17H,8H2,1H3,(H,18,19)/t15-/m1/s1. The molecule has 5 heteroatoms. The van der Waals surface area contributed by atoms with Crippen LogP contribution >= 0.6 is 11.8 Å². The van der Waals surface area contributed by atoms with E-state index in [4.69, 9.17) is 0 Å². The lowest BCUT2D eigenvalue weighted by Crippen LogP contribution is -2.33. The van der Waals surface area contributed by atoms with Crippen molar-refractivity contribution in [2.75, 3.05) is 5.75 Å². The number of aromatic hydroxyl groups is 1. The topological polar surface area (TPSA) is 69.9 Å². The molecule has 0 saturated heterocycles. The van der Waals surface area contributed by atoms with Crippen LogP contribution in [0.4, 0.5) is 0 Å². The van der Waals surface area contributed by atoms with Crippen LogP contribution in [-0.4, -0.2) is 32.5 Å². The first kappa shape index (κ1) is 13.0. The zero-order valence-electron chi connectivity index (χ0n) is 10.8. The molecular weight excluding hydrogens is 274 g/mol. The fourth-order valence-electron chi connectivity index (χ4n) is 2.22. The second-order valence-electron chi connectivity index (χ2n) is 4.97. The number of benzene rings is 2. The van der Waals surface area contributed by atoms with Gasteiger partial charge in [-0.3, -0.25) is 4.99 Å². The van der Waals surface area contributed by atoms with E-state index in [1.165, 1.54) is 11.8 Å². The van der Waals surface area contributed by atoms with Crippen molar-refractivity contribution in [3.63, 3.8) is 0 Å². The molecule has 0 unspecified atom stereocenters. The SMILES string of the molecule is C[C@]1(C(=O)O)CSC(c2c(O)ccc3ccccc23)=N1. The normalized spacial score (nSPS) is 21.9.